The molecule has 1 aliphatic rings. The Kier molecular flexibility index (Phi) is 19.1. The highest BCUT2D eigenvalue weighted by Crippen LogP contribution is 2.14. The maximum Gasteiger partial charge on any atom is 0.220 e. The van der Waals surface area contributed by atoms with Gasteiger partial charge in [0.2, 0.25) is 5.91 Å². The van der Waals surface area contributed by atoms with Crippen LogP contribution in [0, 0.1) is 6.92 Å². The highest BCUT2D eigenvalue weighted by Gasteiger charge is 2.17. The number of β-amino-alcohol motifs (C(OH)–C–C–N with tert-alkyl or cyclic N) is 1. The third-order valence-electron chi connectivity index (χ3n) is 5.04. The van der Waals surface area contributed by atoms with Crippen molar-refractivity contribution in [1.29, 1.82) is 0 Å². The molecule has 3 rings (SSSR count). The number of aliphatic hydroxyl groups excluding tert-OH is 2. The van der Waals surface area contributed by atoms with E-state index in [4.69, 9.17) is 25.4 Å². The van der Waals surface area contributed by atoms with E-state index in [2.05, 4.69) is 30.9 Å². The number of hydrogen-bond acceptors (Lipinski definition) is 6. The zero-order valence-corrected chi connectivity index (χ0v) is 23.1. The second-order valence-corrected chi connectivity index (χ2v) is 8.69. The first-order valence-corrected chi connectivity index (χ1v) is 12.9. The lowest BCUT2D eigenvalue weighted by Gasteiger charge is -2.09. The summed E-state index contributed by atoms with van der Waals surface area (Å²) in [6.45, 7) is 15.7. The quantitative estimate of drug-likeness (QED) is 0.493. The molecule has 7 nitrogen and oxygen atoms in total. The first-order chi connectivity index (χ1) is 17.1. The van der Waals surface area contributed by atoms with E-state index in [1.54, 1.807) is 6.92 Å². The summed E-state index contributed by atoms with van der Waals surface area (Å²) >= 11 is 0. The molecule has 4 N–H and O–H groups in total. The minimum atomic E-state index is -0.341. The van der Waals surface area contributed by atoms with Crippen molar-refractivity contribution in [2.24, 2.45) is 5.73 Å². The van der Waals surface area contributed by atoms with Crippen LogP contribution in [0.2, 0.25) is 0 Å². The first kappa shape index (κ1) is 33.4. The molecule has 0 saturated carbocycles. The standard InChI is InChI=1S/C11H16O.C10H13NO2.C6H13NO.C2H6O/c1-4-10-5-7-11(8-6-10)12-9(2)3;1-8-2-4-9(5-3-8)13-7-6-10(11)12;1-2-7-4-3-6(8)5-7;1-2-3/h5-9H,4H2,1-3H3;2-5H,6-7H2,1H3,(H2,11,12);6,8H,2-5H2,1H3;3H,2H2,1H3/t;;6-;/m..0./s1. The van der Waals surface area contributed by atoms with Gasteiger partial charge in [0.15, 0.2) is 0 Å². The Morgan fingerprint density at radius 2 is 1.61 bits per heavy atom. The van der Waals surface area contributed by atoms with Crippen molar-refractivity contribution in [3.8, 4) is 11.5 Å². The van der Waals surface area contributed by atoms with Gasteiger partial charge in [0.1, 0.15) is 11.5 Å². The van der Waals surface area contributed by atoms with Crippen LogP contribution < -0.4 is 15.2 Å². The van der Waals surface area contributed by atoms with Gasteiger partial charge in [-0.15, -0.1) is 0 Å². The highest BCUT2D eigenvalue weighted by molar-refractivity contribution is 5.73. The molecule has 204 valence electrons. The van der Waals surface area contributed by atoms with Crippen molar-refractivity contribution in [2.45, 2.75) is 73.0 Å². The monoisotopic (exact) mass is 504 g/mol. The number of nitrogens with two attached hydrogens (primary N) is 1. The molecular formula is C29H48N2O5. The van der Waals surface area contributed by atoms with Gasteiger partial charge in [0.25, 0.3) is 0 Å². The number of primary amides is 1. The fourth-order valence-electron chi connectivity index (χ4n) is 3.08. The summed E-state index contributed by atoms with van der Waals surface area (Å²) in [5.74, 6) is 1.39. The number of benzene rings is 2. The molecule has 0 unspecified atom stereocenters. The summed E-state index contributed by atoms with van der Waals surface area (Å²) in [6, 6.07) is 15.9. The Morgan fingerprint density at radius 1 is 1.06 bits per heavy atom. The number of carbonyl (C=O) groups is 1. The van der Waals surface area contributed by atoms with Crippen molar-refractivity contribution in [1.82, 2.24) is 4.90 Å². The SMILES string of the molecule is CCN1CC[C@H](O)C1.CCO.CCc1ccc(OC(C)C)cc1.Cc1ccc(OCCC(N)=O)cc1. The Hall–Kier alpha value is -2.61. The number of aryl methyl sites for hydroxylation is 2. The van der Waals surface area contributed by atoms with Crippen molar-refractivity contribution >= 4 is 5.91 Å². The zero-order chi connectivity index (χ0) is 27.3. The van der Waals surface area contributed by atoms with Crippen LogP contribution in [0.4, 0.5) is 0 Å². The molecule has 0 aromatic heterocycles. The predicted molar refractivity (Wildman–Crippen MR) is 148 cm³/mol. The zero-order valence-electron chi connectivity index (χ0n) is 23.1. The average molecular weight is 505 g/mol. The molecule has 2 aromatic rings. The number of likely N-dealkylation sites (tertiary alicyclic amines) is 1. The lowest BCUT2D eigenvalue weighted by molar-refractivity contribution is -0.118. The van der Waals surface area contributed by atoms with Crippen LogP contribution >= 0.6 is 0 Å². The van der Waals surface area contributed by atoms with Crippen LogP contribution in [0.5, 0.6) is 11.5 Å². The van der Waals surface area contributed by atoms with Crippen molar-refractivity contribution < 1.29 is 24.5 Å². The summed E-state index contributed by atoms with van der Waals surface area (Å²) < 4.78 is 10.8. The molecule has 0 aliphatic carbocycles. The van der Waals surface area contributed by atoms with Gasteiger partial charge >= 0.3 is 0 Å². The Labute approximate surface area is 218 Å². The number of nitrogens with zero attached hydrogens (tertiary/aromatic N) is 1. The largest absolute Gasteiger partial charge is 0.493 e. The molecular weight excluding hydrogens is 456 g/mol. The number of aliphatic hydroxyl groups is 2. The predicted octanol–water partition coefficient (Wildman–Crippen LogP) is 4.36. The van der Waals surface area contributed by atoms with Gasteiger partial charge in [0.05, 0.1) is 25.2 Å². The van der Waals surface area contributed by atoms with Crippen LogP contribution in [0.3, 0.4) is 0 Å². The molecule has 1 heterocycles. The van der Waals surface area contributed by atoms with Crippen LogP contribution in [0.25, 0.3) is 0 Å². The molecule has 36 heavy (non-hydrogen) atoms. The molecule has 2 aromatic carbocycles. The van der Waals surface area contributed by atoms with Crippen molar-refractivity contribution in [3.05, 3.63) is 59.7 Å². The highest BCUT2D eigenvalue weighted by atomic mass is 16.5. The summed E-state index contributed by atoms with van der Waals surface area (Å²) in [5.41, 5.74) is 7.50. The molecule has 1 atom stereocenters. The summed E-state index contributed by atoms with van der Waals surface area (Å²) in [4.78, 5) is 12.6. The van der Waals surface area contributed by atoms with Gasteiger partial charge in [-0.2, -0.15) is 0 Å². The maximum atomic E-state index is 10.4. The molecule has 0 spiro atoms. The molecule has 1 aliphatic heterocycles. The lowest BCUT2D eigenvalue weighted by Crippen LogP contribution is -2.21. The van der Waals surface area contributed by atoms with Crippen molar-refractivity contribution in [2.75, 3.05) is 32.8 Å². The van der Waals surface area contributed by atoms with E-state index >= 15 is 0 Å². The number of amides is 1. The molecule has 1 fully saturated rings. The lowest BCUT2D eigenvalue weighted by atomic mass is 10.2. The van der Waals surface area contributed by atoms with E-state index in [0.29, 0.717) is 6.61 Å². The van der Waals surface area contributed by atoms with Gasteiger partial charge < -0.3 is 30.3 Å². The fourth-order valence-corrected chi connectivity index (χ4v) is 3.08. The molecule has 0 bridgehead atoms. The maximum absolute atomic E-state index is 10.4. The minimum Gasteiger partial charge on any atom is -0.493 e. The number of ether oxygens (including phenoxy) is 2. The molecule has 1 amide bonds. The van der Waals surface area contributed by atoms with E-state index < -0.39 is 0 Å². The normalized spacial score (nSPS) is 14.4. The van der Waals surface area contributed by atoms with Gasteiger partial charge in [-0.25, -0.2) is 0 Å². The van der Waals surface area contributed by atoms with Gasteiger partial charge in [-0.1, -0.05) is 43.7 Å². The molecule has 7 heteroatoms. The number of carbonyl (C=O) groups excluding carboxylic acids is 1. The van der Waals surface area contributed by atoms with E-state index in [-0.39, 0.29) is 31.1 Å². The topological polar surface area (TPSA) is 105 Å². The van der Waals surface area contributed by atoms with Gasteiger partial charge in [-0.3, -0.25) is 4.79 Å². The molecule has 1 saturated heterocycles. The number of likely N-dealkylation sites (N-methyl/N-ethyl adjacent to an activating group) is 1. The van der Waals surface area contributed by atoms with Gasteiger partial charge in [0, 0.05) is 19.7 Å². The van der Waals surface area contributed by atoms with Crippen LogP contribution in [-0.4, -0.2) is 66.1 Å². The van der Waals surface area contributed by atoms with E-state index in [9.17, 15) is 4.79 Å². The van der Waals surface area contributed by atoms with Crippen LogP contribution in [-0.2, 0) is 11.2 Å². The summed E-state index contributed by atoms with van der Waals surface area (Å²) in [7, 11) is 0. The second-order valence-electron chi connectivity index (χ2n) is 8.69. The van der Waals surface area contributed by atoms with E-state index in [1.807, 2.05) is 57.2 Å². The Balaban J connectivity index is 0.000000494. The first-order valence-electron chi connectivity index (χ1n) is 12.9. The third-order valence-corrected chi connectivity index (χ3v) is 5.04. The van der Waals surface area contributed by atoms with E-state index in [0.717, 1.165) is 44.0 Å². The smallest absolute Gasteiger partial charge is 0.220 e. The van der Waals surface area contributed by atoms with Crippen molar-refractivity contribution in [3.63, 3.8) is 0 Å². The van der Waals surface area contributed by atoms with Crippen LogP contribution in [0.1, 0.15) is 58.6 Å². The van der Waals surface area contributed by atoms with Crippen LogP contribution in [0.15, 0.2) is 48.5 Å². The Morgan fingerprint density at radius 3 is 2.00 bits per heavy atom. The second kappa shape index (κ2) is 20.6. The number of hydrogen-bond donors (Lipinski definition) is 3. The molecule has 0 radical (unpaired) electrons. The summed E-state index contributed by atoms with van der Waals surface area (Å²) in [5, 5.41) is 16.6. The summed E-state index contributed by atoms with van der Waals surface area (Å²) in [6.07, 6.45) is 2.52. The minimum absolute atomic E-state index is 0.0463. The van der Waals surface area contributed by atoms with E-state index in [1.165, 1.54) is 11.1 Å². The third kappa shape index (κ3) is 17.8. The fraction of sp³-hybridized carbons (Fsp3) is 0.552. The van der Waals surface area contributed by atoms with Gasteiger partial charge in [-0.05, 0) is 76.9 Å². The average Bonchev–Trinajstić information content (AvgIpc) is 3.27. The Bertz CT molecular complexity index is 794. The number of rotatable bonds is 8.